The van der Waals surface area contributed by atoms with Crippen LogP contribution in [0.1, 0.15) is 6.42 Å². The predicted octanol–water partition coefficient (Wildman–Crippen LogP) is -1.28. The van der Waals surface area contributed by atoms with Crippen LogP contribution in [0.4, 0.5) is 0 Å². The quantitative estimate of drug-likeness (QED) is 0.486. The Balaban J connectivity index is 3.83. The maximum atomic E-state index is 11.4. The number of hydrogen-bond donors (Lipinski definition) is 3. The number of thioether (sulfide) groups is 1. The van der Waals surface area contributed by atoms with Gasteiger partial charge in [-0.3, -0.25) is 4.79 Å². The van der Waals surface area contributed by atoms with Crippen molar-refractivity contribution in [2.45, 2.75) is 18.6 Å². The number of nitrogens with one attached hydrogen (secondary N) is 1. The van der Waals surface area contributed by atoms with E-state index in [1.807, 2.05) is 6.26 Å². The lowest BCUT2D eigenvalue weighted by molar-refractivity contribution is -0.150. The molecule has 0 bridgehead atoms. The molecule has 2 atom stereocenters. The van der Waals surface area contributed by atoms with Crippen molar-refractivity contribution in [3.05, 3.63) is 0 Å². The number of esters is 1. The van der Waals surface area contributed by atoms with Gasteiger partial charge in [-0.2, -0.15) is 11.8 Å². The molecule has 94 valence electrons. The summed E-state index contributed by atoms with van der Waals surface area (Å²) in [4.78, 5) is 22.2. The van der Waals surface area contributed by atoms with Crippen LogP contribution in [0, 0.1) is 0 Å². The maximum absolute atomic E-state index is 11.4. The van der Waals surface area contributed by atoms with Crippen molar-refractivity contribution < 1.29 is 19.4 Å². The van der Waals surface area contributed by atoms with Crippen LogP contribution >= 0.6 is 11.8 Å². The molecule has 0 aliphatic rings. The fourth-order valence-corrected chi connectivity index (χ4v) is 1.41. The van der Waals surface area contributed by atoms with Crippen LogP contribution in [0.3, 0.4) is 0 Å². The molecule has 0 rings (SSSR count). The Morgan fingerprint density at radius 1 is 1.56 bits per heavy atom. The Bertz CT molecular complexity index is 238. The second kappa shape index (κ2) is 8.37. The Hall–Kier alpha value is -0.790. The van der Waals surface area contributed by atoms with E-state index in [-0.39, 0.29) is 12.5 Å². The van der Waals surface area contributed by atoms with Gasteiger partial charge in [0.15, 0.2) is 6.10 Å². The first-order valence-electron chi connectivity index (χ1n) is 4.81. The smallest absolute Gasteiger partial charge is 0.336 e. The van der Waals surface area contributed by atoms with Crippen LogP contribution in [0.15, 0.2) is 0 Å². The average molecular weight is 250 g/mol. The molecule has 0 aromatic rings. The van der Waals surface area contributed by atoms with Crippen molar-refractivity contribution in [2.24, 2.45) is 5.73 Å². The van der Waals surface area contributed by atoms with Crippen molar-refractivity contribution in [1.29, 1.82) is 0 Å². The molecule has 0 aliphatic heterocycles. The van der Waals surface area contributed by atoms with E-state index in [0.717, 1.165) is 12.9 Å². The molecule has 7 heteroatoms. The van der Waals surface area contributed by atoms with Crippen molar-refractivity contribution in [3.8, 4) is 0 Å². The van der Waals surface area contributed by atoms with E-state index in [4.69, 9.17) is 5.73 Å². The van der Waals surface area contributed by atoms with E-state index in [1.165, 1.54) is 0 Å². The fourth-order valence-electron chi connectivity index (χ4n) is 0.924. The van der Waals surface area contributed by atoms with Gasteiger partial charge in [-0.25, -0.2) is 4.79 Å². The van der Waals surface area contributed by atoms with Crippen molar-refractivity contribution in [1.82, 2.24) is 5.32 Å². The average Bonchev–Trinajstić information content (AvgIpc) is 2.31. The lowest BCUT2D eigenvalue weighted by atomic mass is 10.2. The van der Waals surface area contributed by atoms with Gasteiger partial charge in [0.05, 0.1) is 19.7 Å². The molecule has 6 nitrogen and oxygen atoms in total. The summed E-state index contributed by atoms with van der Waals surface area (Å²) in [5, 5.41) is 11.6. The third-order valence-corrected chi connectivity index (χ3v) is 2.56. The van der Waals surface area contributed by atoms with Crippen LogP contribution in [0.2, 0.25) is 0 Å². The molecule has 0 aromatic heterocycles. The SMILES string of the molecule is COC(=O)C(O)CNC(=O)[C@H](N)CCSC. The number of carbonyl (C=O) groups excluding carboxylic acids is 2. The molecule has 0 aromatic carbocycles. The molecule has 0 heterocycles. The minimum atomic E-state index is -1.35. The summed E-state index contributed by atoms with van der Waals surface area (Å²) in [5.41, 5.74) is 5.57. The first kappa shape index (κ1) is 15.2. The largest absolute Gasteiger partial charge is 0.467 e. The summed E-state index contributed by atoms with van der Waals surface area (Å²) in [5.74, 6) is -0.372. The minimum Gasteiger partial charge on any atom is -0.467 e. The van der Waals surface area contributed by atoms with E-state index in [1.54, 1.807) is 11.8 Å². The zero-order chi connectivity index (χ0) is 12.6. The molecule has 16 heavy (non-hydrogen) atoms. The van der Waals surface area contributed by atoms with Gasteiger partial charge in [-0.15, -0.1) is 0 Å². The summed E-state index contributed by atoms with van der Waals surface area (Å²) in [6.07, 6.45) is 1.13. The Morgan fingerprint density at radius 3 is 2.69 bits per heavy atom. The zero-order valence-corrected chi connectivity index (χ0v) is 10.3. The van der Waals surface area contributed by atoms with Gasteiger partial charge >= 0.3 is 5.97 Å². The lowest BCUT2D eigenvalue weighted by Crippen LogP contribution is -2.45. The molecule has 1 amide bonds. The van der Waals surface area contributed by atoms with Gasteiger partial charge in [0.2, 0.25) is 5.91 Å². The lowest BCUT2D eigenvalue weighted by Gasteiger charge is -2.13. The molecule has 0 aliphatic carbocycles. The van der Waals surface area contributed by atoms with Gasteiger partial charge in [-0.1, -0.05) is 0 Å². The van der Waals surface area contributed by atoms with Crippen molar-refractivity contribution in [2.75, 3.05) is 25.7 Å². The second-order valence-corrected chi connectivity index (χ2v) is 4.16. The topological polar surface area (TPSA) is 102 Å². The first-order chi connectivity index (χ1) is 7.52. The molecular weight excluding hydrogens is 232 g/mol. The van der Waals surface area contributed by atoms with E-state index in [0.29, 0.717) is 6.42 Å². The molecule has 0 spiro atoms. The number of methoxy groups -OCH3 is 1. The minimum absolute atomic E-state index is 0.182. The number of hydrogen-bond acceptors (Lipinski definition) is 6. The third kappa shape index (κ3) is 5.94. The van der Waals surface area contributed by atoms with Crippen molar-refractivity contribution >= 4 is 23.6 Å². The van der Waals surface area contributed by atoms with Gasteiger partial charge < -0.3 is 20.9 Å². The molecular formula is C9H18N2O4S. The standard InChI is InChI=1S/C9H18N2O4S/c1-15-9(14)7(12)5-11-8(13)6(10)3-4-16-2/h6-7,12H,3-5,10H2,1-2H3,(H,11,13)/t6-,7?/m1/s1. The monoisotopic (exact) mass is 250 g/mol. The third-order valence-electron chi connectivity index (χ3n) is 1.91. The van der Waals surface area contributed by atoms with Crippen LogP contribution in [0.25, 0.3) is 0 Å². The Morgan fingerprint density at radius 2 is 2.19 bits per heavy atom. The summed E-state index contributed by atoms with van der Waals surface area (Å²) >= 11 is 1.60. The molecule has 1 unspecified atom stereocenters. The maximum Gasteiger partial charge on any atom is 0.336 e. The van der Waals surface area contributed by atoms with Crippen LogP contribution in [-0.2, 0) is 14.3 Å². The summed E-state index contributed by atoms with van der Waals surface area (Å²) in [6.45, 7) is -0.182. The second-order valence-electron chi connectivity index (χ2n) is 3.17. The molecule has 0 radical (unpaired) electrons. The number of rotatable bonds is 7. The highest BCUT2D eigenvalue weighted by Crippen LogP contribution is 1.98. The molecule has 0 saturated carbocycles. The molecule has 0 fully saturated rings. The van der Waals surface area contributed by atoms with Gasteiger partial charge in [0.1, 0.15) is 0 Å². The summed E-state index contributed by atoms with van der Waals surface area (Å²) in [7, 11) is 1.16. The van der Waals surface area contributed by atoms with Crippen molar-refractivity contribution in [3.63, 3.8) is 0 Å². The van der Waals surface area contributed by atoms with Gasteiger partial charge in [0.25, 0.3) is 0 Å². The van der Waals surface area contributed by atoms with E-state index in [2.05, 4.69) is 10.1 Å². The molecule has 0 saturated heterocycles. The van der Waals surface area contributed by atoms with E-state index < -0.39 is 18.1 Å². The zero-order valence-electron chi connectivity index (χ0n) is 9.43. The first-order valence-corrected chi connectivity index (χ1v) is 6.20. The number of aliphatic hydroxyl groups excluding tert-OH is 1. The molecule has 4 N–H and O–H groups in total. The fraction of sp³-hybridized carbons (Fsp3) is 0.778. The predicted molar refractivity (Wildman–Crippen MR) is 62.0 cm³/mol. The van der Waals surface area contributed by atoms with E-state index in [9.17, 15) is 14.7 Å². The Kier molecular flexibility index (Phi) is 7.96. The summed E-state index contributed by atoms with van der Waals surface area (Å²) in [6, 6.07) is -0.614. The van der Waals surface area contributed by atoms with E-state index >= 15 is 0 Å². The Labute approximate surface area is 98.9 Å². The van der Waals surface area contributed by atoms with Gasteiger partial charge in [0, 0.05) is 0 Å². The highest BCUT2D eigenvalue weighted by molar-refractivity contribution is 7.98. The van der Waals surface area contributed by atoms with Gasteiger partial charge in [-0.05, 0) is 18.4 Å². The van der Waals surface area contributed by atoms with Crippen LogP contribution in [-0.4, -0.2) is 54.8 Å². The number of amides is 1. The highest BCUT2D eigenvalue weighted by Gasteiger charge is 2.18. The normalized spacial score (nSPS) is 14.0. The van der Waals surface area contributed by atoms with Crippen LogP contribution < -0.4 is 11.1 Å². The number of ether oxygens (including phenoxy) is 1. The number of nitrogens with two attached hydrogens (primary N) is 1. The highest BCUT2D eigenvalue weighted by atomic mass is 32.2. The number of carbonyl (C=O) groups is 2. The summed E-state index contributed by atoms with van der Waals surface area (Å²) < 4.78 is 4.29. The number of aliphatic hydroxyl groups is 1. The van der Waals surface area contributed by atoms with Crippen LogP contribution in [0.5, 0.6) is 0 Å².